The second-order valence-corrected chi connectivity index (χ2v) is 11.0. The summed E-state index contributed by atoms with van der Waals surface area (Å²) in [4.78, 5) is 36.5. The largest absolute Gasteiger partial charge is 0.480 e. The lowest BCUT2D eigenvalue weighted by Crippen LogP contribution is -2.42. The SMILES string of the molecule is COc1ncc(-c2cc(CN3CCC(F)(F)CC3)c3c(N)ncnn23)cc1C(=O)N[C@@H]1CN(C(=O)OCC(C)(F)F)C[C@@H]1F. The zero-order valence-electron chi connectivity index (χ0n) is 23.9. The van der Waals surface area contributed by atoms with Gasteiger partial charge in [-0.25, -0.2) is 41.2 Å². The number of pyridine rings is 1. The molecule has 12 nitrogen and oxygen atoms in total. The monoisotopic (exact) mass is 626 g/mol. The van der Waals surface area contributed by atoms with E-state index in [-0.39, 0.29) is 49.7 Å². The molecule has 2 aliphatic heterocycles. The quantitative estimate of drug-likeness (QED) is 0.361. The number of fused-ring (bicyclic) bond motifs is 1. The van der Waals surface area contributed by atoms with Gasteiger partial charge in [0.2, 0.25) is 5.88 Å². The van der Waals surface area contributed by atoms with Crippen molar-refractivity contribution in [2.24, 2.45) is 0 Å². The highest BCUT2D eigenvalue weighted by Gasteiger charge is 2.39. The zero-order valence-corrected chi connectivity index (χ0v) is 23.9. The summed E-state index contributed by atoms with van der Waals surface area (Å²) in [6.07, 6.45) is -0.637. The third kappa shape index (κ3) is 6.76. The Bertz CT molecular complexity index is 1540. The highest BCUT2D eigenvalue weighted by molar-refractivity contribution is 5.98. The highest BCUT2D eigenvalue weighted by atomic mass is 19.3. The predicted molar refractivity (Wildman–Crippen MR) is 146 cm³/mol. The Morgan fingerprint density at radius 1 is 1.18 bits per heavy atom. The van der Waals surface area contributed by atoms with Gasteiger partial charge in [-0.05, 0) is 17.7 Å². The van der Waals surface area contributed by atoms with Crippen LogP contribution >= 0.6 is 0 Å². The normalized spacial score (nSPS) is 20.6. The lowest BCUT2D eigenvalue weighted by atomic mass is 10.1. The number of methoxy groups -OCH3 is 1. The molecule has 5 rings (SSSR count). The number of ether oxygens (including phenoxy) is 2. The number of rotatable bonds is 8. The number of anilines is 1. The van der Waals surface area contributed by atoms with Crippen molar-refractivity contribution in [1.82, 2.24) is 34.7 Å². The number of carbonyl (C=O) groups is 2. The van der Waals surface area contributed by atoms with Gasteiger partial charge in [0.25, 0.3) is 17.8 Å². The third-order valence-electron chi connectivity index (χ3n) is 7.50. The molecule has 3 aromatic rings. The molecular weight excluding hydrogens is 595 g/mol. The molecule has 0 radical (unpaired) electrons. The summed E-state index contributed by atoms with van der Waals surface area (Å²) in [6, 6.07) is 2.07. The van der Waals surface area contributed by atoms with Crippen molar-refractivity contribution in [3.63, 3.8) is 0 Å². The Balaban J connectivity index is 1.38. The van der Waals surface area contributed by atoms with Gasteiger partial charge in [-0.3, -0.25) is 9.69 Å². The Labute approximate surface area is 248 Å². The summed E-state index contributed by atoms with van der Waals surface area (Å²) in [5.41, 5.74) is 8.17. The molecule has 2 saturated heterocycles. The molecule has 44 heavy (non-hydrogen) atoms. The van der Waals surface area contributed by atoms with Crippen molar-refractivity contribution in [3.8, 4) is 17.1 Å². The molecule has 3 N–H and O–H groups in total. The molecule has 3 aromatic heterocycles. The third-order valence-corrected chi connectivity index (χ3v) is 7.50. The van der Waals surface area contributed by atoms with E-state index in [1.165, 1.54) is 30.2 Å². The Kier molecular flexibility index (Phi) is 8.51. The van der Waals surface area contributed by atoms with E-state index in [1.807, 2.05) is 4.90 Å². The van der Waals surface area contributed by atoms with Crippen LogP contribution in [0.3, 0.4) is 0 Å². The molecule has 2 fully saturated rings. The van der Waals surface area contributed by atoms with E-state index < -0.39 is 49.2 Å². The second kappa shape index (κ2) is 12.0. The van der Waals surface area contributed by atoms with E-state index >= 15 is 0 Å². The fraction of sp³-hybridized carbons (Fsp3) is 0.519. The summed E-state index contributed by atoms with van der Waals surface area (Å²) < 4.78 is 79.7. The number of halogens is 5. The maximum atomic E-state index is 14.8. The molecule has 5 heterocycles. The van der Waals surface area contributed by atoms with Crippen LogP contribution < -0.4 is 15.8 Å². The van der Waals surface area contributed by atoms with Crippen LogP contribution in [0.5, 0.6) is 5.88 Å². The lowest BCUT2D eigenvalue weighted by Gasteiger charge is -2.31. The van der Waals surface area contributed by atoms with Gasteiger partial charge in [-0.2, -0.15) is 5.10 Å². The first kappa shape index (κ1) is 31.2. The molecule has 0 aromatic carbocycles. The predicted octanol–water partition coefficient (Wildman–Crippen LogP) is 3.16. The number of piperidine rings is 1. The molecule has 0 saturated carbocycles. The number of nitrogens with one attached hydrogen (secondary N) is 1. The lowest BCUT2D eigenvalue weighted by molar-refractivity contribution is -0.0566. The van der Waals surface area contributed by atoms with E-state index in [2.05, 4.69) is 25.1 Å². The summed E-state index contributed by atoms with van der Waals surface area (Å²) in [6.45, 7) is -0.643. The fourth-order valence-electron chi connectivity index (χ4n) is 5.24. The van der Waals surface area contributed by atoms with Crippen molar-refractivity contribution in [3.05, 3.63) is 35.8 Å². The van der Waals surface area contributed by atoms with Gasteiger partial charge in [0, 0.05) is 57.7 Å². The van der Waals surface area contributed by atoms with Gasteiger partial charge in [0.15, 0.2) is 12.4 Å². The molecule has 0 aliphatic carbocycles. The molecule has 2 amide bonds. The van der Waals surface area contributed by atoms with E-state index in [4.69, 9.17) is 10.5 Å². The minimum absolute atomic E-state index is 0.0550. The maximum Gasteiger partial charge on any atom is 0.410 e. The minimum Gasteiger partial charge on any atom is -0.480 e. The number of amides is 2. The highest BCUT2D eigenvalue weighted by Crippen LogP contribution is 2.33. The summed E-state index contributed by atoms with van der Waals surface area (Å²) in [5.74, 6) is -6.60. The van der Waals surface area contributed by atoms with E-state index in [9.17, 15) is 31.5 Å². The number of nitrogens with zero attached hydrogens (tertiary/aromatic N) is 6. The van der Waals surface area contributed by atoms with Gasteiger partial charge in [-0.15, -0.1) is 0 Å². The first-order valence-corrected chi connectivity index (χ1v) is 13.7. The van der Waals surface area contributed by atoms with Gasteiger partial charge >= 0.3 is 6.09 Å². The molecule has 0 bridgehead atoms. The van der Waals surface area contributed by atoms with Crippen molar-refractivity contribution < 1.29 is 41.0 Å². The average molecular weight is 627 g/mol. The van der Waals surface area contributed by atoms with Crippen LogP contribution in [0, 0.1) is 0 Å². The number of likely N-dealkylation sites (tertiary alicyclic amines) is 2. The summed E-state index contributed by atoms with van der Waals surface area (Å²) in [7, 11) is 1.30. The van der Waals surface area contributed by atoms with Crippen LogP contribution in [0.25, 0.3) is 16.8 Å². The average Bonchev–Trinajstić information content (AvgIpc) is 3.53. The van der Waals surface area contributed by atoms with Crippen LogP contribution in [-0.2, 0) is 11.3 Å². The summed E-state index contributed by atoms with van der Waals surface area (Å²) in [5, 5.41) is 6.82. The topological polar surface area (TPSA) is 140 Å². The van der Waals surface area contributed by atoms with Crippen molar-refractivity contribution >= 4 is 23.3 Å². The Morgan fingerprint density at radius 3 is 2.59 bits per heavy atom. The molecule has 2 atom stereocenters. The van der Waals surface area contributed by atoms with Crippen LogP contribution in [0.1, 0.15) is 35.7 Å². The van der Waals surface area contributed by atoms with Gasteiger partial charge < -0.3 is 25.4 Å². The van der Waals surface area contributed by atoms with Gasteiger partial charge in [-0.1, -0.05) is 0 Å². The van der Waals surface area contributed by atoms with Crippen LogP contribution in [0.4, 0.5) is 32.6 Å². The van der Waals surface area contributed by atoms with Crippen LogP contribution in [0.2, 0.25) is 0 Å². The number of nitrogen functional groups attached to an aromatic ring is 1. The van der Waals surface area contributed by atoms with E-state index in [0.29, 0.717) is 35.8 Å². The smallest absolute Gasteiger partial charge is 0.410 e. The number of carbonyl (C=O) groups excluding carboxylic acids is 2. The number of aromatic nitrogens is 4. The number of nitrogens with two attached hydrogens (primary N) is 1. The molecule has 0 spiro atoms. The van der Waals surface area contributed by atoms with Crippen LogP contribution in [-0.4, -0.2) is 105 Å². The molecule has 0 unspecified atom stereocenters. The van der Waals surface area contributed by atoms with Crippen molar-refractivity contribution in [2.45, 2.75) is 50.4 Å². The molecule has 2 aliphatic rings. The van der Waals surface area contributed by atoms with Gasteiger partial charge in [0.1, 0.15) is 23.6 Å². The number of hydrogen-bond acceptors (Lipinski definition) is 9. The fourth-order valence-corrected chi connectivity index (χ4v) is 5.24. The van der Waals surface area contributed by atoms with Crippen molar-refractivity contribution in [1.29, 1.82) is 0 Å². The van der Waals surface area contributed by atoms with E-state index in [0.717, 1.165) is 4.90 Å². The molecular formula is C27H31F5N8O4. The number of hydrogen-bond donors (Lipinski definition) is 2. The minimum atomic E-state index is -3.25. The first-order chi connectivity index (χ1) is 20.7. The second-order valence-electron chi connectivity index (χ2n) is 11.0. The standard InChI is InChI=1S/C27H31F5N8O4/c1-26(29,30)13-44-25(42)39-11-18(28)19(12-39)37-23(41)17-7-15(9-34-24(17)43-2)20-8-16(21-22(33)35-14-36-40(20)21)10-38-5-3-27(31,32)4-6-38/h7-9,14,18-19H,3-6,10-13H2,1-2H3,(H,37,41)(H2,33,35,36)/t18-,19+/m0/s1. The number of alkyl halides is 5. The van der Waals surface area contributed by atoms with Crippen molar-refractivity contribution in [2.75, 3.05) is 45.6 Å². The first-order valence-electron chi connectivity index (χ1n) is 13.7. The molecule has 17 heteroatoms. The Morgan fingerprint density at radius 2 is 1.91 bits per heavy atom. The Hall–Kier alpha value is -4.28. The maximum absolute atomic E-state index is 14.8. The van der Waals surface area contributed by atoms with Gasteiger partial charge in [0.05, 0.1) is 25.4 Å². The zero-order chi connectivity index (χ0) is 31.8. The summed E-state index contributed by atoms with van der Waals surface area (Å²) >= 11 is 0. The van der Waals surface area contributed by atoms with E-state index in [1.54, 1.807) is 6.07 Å². The molecule has 238 valence electrons. The van der Waals surface area contributed by atoms with Crippen LogP contribution in [0.15, 0.2) is 24.7 Å².